The van der Waals surface area contributed by atoms with Crippen LogP contribution < -0.4 is 5.73 Å². The molecule has 0 aliphatic heterocycles. The van der Waals surface area contributed by atoms with E-state index in [1.165, 1.54) is 17.7 Å². The van der Waals surface area contributed by atoms with E-state index in [1.807, 2.05) is 5.38 Å². The lowest BCUT2D eigenvalue weighted by atomic mass is 10.0. The first-order valence-corrected chi connectivity index (χ1v) is 6.68. The molecule has 4 heteroatoms. The fraction of sp³-hybridized carbons (Fsp3) is 0.231. The van der Waals surface area contributed by atoms with Gasteiger partial charge in [0.15, 0.2) is 0 Å². The minimum Gasteiger partial charge on any atom is -0.327 e. The summed E-state index contributed by atoms with van der Waals surface area (Å²) in [6.45, 7) is 0. The molecule has 0 aliphatic carbocycles. The van der Waals surface area contributed by atoms with Gasteiger partial charge in [-0.3, -0.25) is 0 Å². The summed E-state index contributed by atoms with van der Waals surface area (Å²) in [6.07, 6.45) is 1.38. The summed E-state index contributed by atoms with van der Waals surface area (Å²) in [5.41, 5.74) is 8.03. The molecule has 0 amide bonds. The molecule has 90 valence electrons. The third kappa shape index (κ3) is 3.53. The van der Waals surface area contributed by atoms with Gasteiger partial charge in [0.2, 0.25) is 0 Å². The highest BCUT2D eigenvalue weighted by Crippen LogP contribution is 2.19. The van der Waals surface area contributed by atoms with Crippen LogP contribution in [-0.4, -0.2) is 6.04 Å². The van der Waals surface area contributed by atoms with E-state index in [0.29, 0.717) is 11.4 Å². The molecule has 1 aromatic heterocycles. The Morgan fingerprint density at radius 2 is 2.12 bits per heavy atom. The molecule has 2 N–H and O–H groups in total. The highest BCUT2D eigenvalue weighted by molar-refractivity contribution is 7.07. The van der Waals surface area contributed by atoms with Crippen molar-refractivity contribution >= 4 is 22.9 Å². The van der Waals surface area contributed by atoms with Crippen LogP contribution in [0.15, 0.2) is 35.0 Å². The Hall–Kier alpha value is -0.900. The van der Waals surface area contributed by atoms with Crippen LogP contribution in [0, 0.1) is 5.82 Å². The number of halogens is 2. The lowest BCUT2D eigenvalue weighted by Gasteiger charge is -2.12. The number of thiophene rings is 1. The summed E-state index contributed by atoms with van der Waals surface area (Å²) < 4.78 is 13.1. The second-order valence-corrected chi connectivity index (χ2v) is 5.22. The molecule has 1 nitrogen and oxygen atoms in total. The average Bonchev–Trinajstić information content (AvgIpc) is 2.76. The molecule has 1 unspecified atom stereocenters. The maximum absolute atomic E-state index is 13.1. The van der Waals surface area contributed by atoms with Crippen molar-refractivity contribution in [3.63, 3.8) is 0 Å². The van der Waals surface area contributed by atoms with Crippen LogP contribution in [-0.2, 0) is 12.8 Å². The van der Waals surface area contributed by atoms with Gasteiger partial charge in [-0.2, -0.15) is 11.3 Å². The van der Waals surface area contributed by atoms with Gasteiger partial charge >= 0.3 is 0 Å². The third-order valence-corrected chi connectivity index (χ3v) is 3.67. The van der Waals surface area contributed by atoms with Gasteiger partial charge in [0.05, 0.1) is 0 Å². The Morgan fingerprint density at radius 3 is 2.82 bits per heavy atom. The third-order valence-electron chi connectivity index (χ3n) is 2.57. The molecular formula is C13H13ClFNS. The van der Waals surface area contributed by atoms with Crippen LogP contribution in [0.3, 0.4) is 0 Å². The van der Waals surface area contributed by atoms with Crippen molar-refractivity contribution in [3.05, 3.63) is 57.0 Å². The van der Waals surface area contributed by atoms with E-state index >= 15 is 0 Å². The van der Waals surface area contributed by atoms with Gasteiger partial charge in [-0.25, -0.2) is 4.39 Å². The summed E-state index contributed by atoms with van der Waals surface area (Å²) >= 11 is 7.65. The Labute approximate surface area is 109 Å². The first-order chi connectivity index (χ1) is 8.15. The Kier molecular flexibility index (Phi) is 4.15. The average molecular weight is 270 g/mol. The zero-order chi connectivity index (χ0) is 12.3. The SMILES string of the molecule is NC(Cc1ccsc1)Cc1cc(F)ccc1Cl. The maximum atomic E-state index is 13.1. The number of rotatable bonds is 4. The van der Waals surface area contributed by atoms with E-state index in [9.17, 15) is 4.39 Å². The van der Waals surface area contributed by atoms with Gasteiger partial charge in [-0.15, -0.1) is 0 Å². The molecule has 0 spiro atoms. The zero-order valence-electron chi connectivity index (χ0n) is 9.20. The number of hydrogen-bond donors (Lipinski definition) is 1. The Bertz CT molecular complexity index is 484. The lowest BCUT2D eigenvalue weighted by molar-refractivity contribution is 0.618. The standard InChI is InChI=1S/C13H13ClFNS/c14-13-2-1-11(15)6-10(13)7-12(16)5-9-3-4-17-8-9/h1-4,6,8,12H,5,7,16H2. The molecule has 1 heterocycles. The predicted molar refractivity (Wildman–Crippen MR) is 71.1 cm³/mol. The molecule has 1 aromatic carbocycles. The fourth-order valence-corrected chi connectivity index (χ4v) is 2.64. The molecule has 2 rings (SSSR count). The van der Waals surface area contributed by atoms with Crippen LogP contribution in [0.4, 0.5) is 4.39 Å². The fourth-order valence-electron chi connectivity index (χ4n) is 1.77. The van der Waals surface area contributed by atoms with Crippen molar-refractivity contribution in [2.24, 2.45) is 5.73 Å². The summed E-state index contributed by atoms with van der Waals surface area (Å²) in [7, 11) is 0. The summed E-state index contributed by atoms with van der Waals surface area (Å²) in [5.74, 6) is -0.271. The molecule has 0 radical (unpaired) electrons. The van der Waals surface area contributed by atoms with E-state index in [-0.39, 0.29) is 11.9 Å². The van der Waals surface area contributed by atoms with Crippen LogP contribution >= 0.6 is 22.9 Å². The molecule has 0 aliphatic rings. The topological polar surface area (TPSA) is 26.0 Å². The van der Waals surface area contributed by atoms with Crippen molar-refractivity contribution in [2.75, 3.05) is 0 Å². The summed E-state index contributed by atoms with van der Waals surface area (Å²) in [6, 6.07) is 6.40. The Balaban J connectivity index is 2.02. The van der Waals surface area contributed by atoms with Gasteiger partial charge < -0.3 is 5.73 Å². The van der Waals surface area contributed by atoms with Gasteiger partial charge in [-0.05, 0) is 59.0 Å². The summed E-state index contributed by atoms with van der Waals surface area (Å²) in [5, 5.41) is 4.68. The summed E-state index contributed by atoms with van der Waals surface area (Å²) in [4.78, 5) is 0. The van der Waals surface area contributed by atoms with Crippen LogP contribution in [0.2, 0.25) is 5.02 Å². The molecule has 0 saturated heterocycles. The van der Waals surface area contributed by atoms with Crippen molar-refractivity contribution in [1.82, 2.24) is 0 Å². The normalized spacial score (nSPS) is 12.6. The van der Waals surface area contributed by atoms with Gasteiger partial charge in [0.25, 0.3) is 0 Å². The largest absolute Gasteiger partial charge is 0.327 e. The first-order valence-electron chi connectivity index (χ1n) is 5.36. The predicted octanol–water partition coefficient (Wildman–Crippen LogP) is 3.65. The number of benzene rings is 1. The van der Waals surface area contributed by atoms with Crippen LogP contribution in [0.1, 0.15) is 11.1 Å². The molecular weight excluding hydrogens is 257 g/mol. The van der Waals surface area contributed by atoms with E-state index in [4.69, 9.17) is 17.3 Å². The zero-order valence-corrected chi connectivity index (χ0v) is 10.8. The first kappa shape index (κ1) is 12.6. The minimum atomic E-state index is -0.271. The minimum absolute atomic E-state index is 0.0381. The van der Waals surface area contributed by atoms with E-state index in [2.05, 4.69) is 11.4 Å². The van der Waals surface area contributed by atoms with E-state index in [1.54, 1.807) is 17.4 Å². The smallest absolute Gasteiger partial charge is 0.123 e. The number of hydrogen-bond acceptors (Lipinski definition) is 2. The van der Waals surface area contributed by atoms with E-state index < -0.39 is 0 Å². The van der Waals surface area contributed by atoms with Gasteiger partial charge in [0.1, 0.15) is 5.82 Å². The van der Waals surface area contributed by atoms with Crippen molar-refractivity contribution < 1.29 is 4.39 Å². The highest BCUT2D eigenvalue weighted by Gasteiger charge is 2.09. The highest BCUT2D eigenvalue weighted by atomic mass is 35.5. The molecule has 0 bridgehead atoms. The molecule has 17 heavy (non-hydrogen) atoms. The van der Waals surface area contributed by atoms with E-state index in [0.717, 1.165) is 12.0 Å². The monoisotopic (exact) mass is 269 g/mol. The van der Waals surface area contributed by atoms with Crippen molar-refractivity contribution in [1.29, 1.82) is 0 Å². The second kappa shape index (κ2) is 5.63. The maximum Gasteiger partial charge on any atom is 0.123 e. The van der Waals surface area contributed by atoms with Crippen LogP contribution in [0.5, 0.6) is 0 Å². The van der Waals surface area contributed by atoms with Gasteiger partial charge in [-0.1, -0.05) is 11.6 Å². The quantitative estimate of drug-likeness (QED) is 0.901. The van der Waals surface area contributed by atoms with Crippen LogP contribution in [0.25, 0.3) is 0 Å². The molecule has 0 fully saturated rings. The number of nitrogens with two attached hydrogens (primary N) is 1. The second-order valence-electron chi connectivity index (χ2n) is 4.04. The molecule has 0 saturated carbocycles. The van der Waals surface area contributed by atoms with Crippen molar-refractivity contribution in [3.8, 4) is 0 Å². The lowest BCUT2D eigenvalue weighted by Crippen LogP contribution is -2.25. The molecule has 2 aromatic rings. The molecule has 1 atom stereocenters. The Morgan fingerprint density at radius 1 is 1.29 bits per heavy atom. The van der Waals surface area contributed by atoms with Gasteiger partial charge in [0, 0.05) is 11.1 Å². The van der Waals surface area contributed by atoms with Crippen molar-refractivity contribution in [2.45, 2.75) is 18.9 Å².